The average Bonchev–Trinajstić information content (AvgIpc) is 3.69. The Balaban J connectivity index is 1.80. The molecule has 2 rings (SSSR count). The molecule has 67 heavy (non-hydrogen) atoms. The minimum Gasteiger partial charge on any atom is -0.459 e. The molecule has 1 aliphatic heterocycles. The van der Waals surface area contributed by atoms with Gasteiger partial charge in [0.1, 0.15) is 12.3 Å². The fourth-order valence-electron chi connectivity index (χ4n) is 8.16. The van der Waals surface area contributed by atoms with Gasteiger partial charge in [0, 0.05) is 35.3 Å². The first-order chi connectivity index (χ1) is 32.3. The minimum atomic E-state index is -5.29. The molecule has 388 valence electrons. The number of unbranched alkanes of at least 4 members (excludes halogenated alkanes) is 27. The van der Waals surface area contributed by atoms with Gasteiger partial charge in [-0.2, -0.15) is 16.1 Å². The van der Waals surface area contributed by atoms with Crippen LogP contribution in [0.15, 0.2) is 20.9 Å². The Hall–Kier alpha value is -1.97. The van der Waals surface area contributed by atoms with Crippen molar-refractivity contribution in [3.8, 4) is 0 Å². The molecule has 1 aromatic heterocycles. The van der Waals surface area contributed by atoms with Crippen molar-refractivity contribution in [1.82, 2.24) is 9.55 Å². The zero-order valence-electron chi connectivity index (χ0n) is 41.2. The summed E-state index contributed by atoms with van der Waals surface area (Å²) in [5.74, 6) is 0.638. The van der Waals surface area contributed by atoms with Gasteiger partial charge in [0.25, 0.3) is 5.56 Å². The van der Waals surface area contributed by atoms with E-state index >= 15 is 0 Å². The summed E-state index contributed by atoms with van der Waals surface area (Å²) in [6.45, 7) is 4.67. The van der Waals surface area contributed by atoms with E-state index in [-0.39, 0.29) is 24.2 Å². The van der Waals surface area contributed by atoms with E-state index in [1.165, 1.54) is 154 Å². The summed E-state index contributed by atoms with van der Waals surface area (Å²) in [5, 5.41) is 3.63. The second kappa shape index (κ2) is 37.8. The third-order valence-corrected chi connectivity index (χ3v) is 15.9. The Labute approximate surface area is 405 Å². The van der Waals surface area contributed by atoms with Crippen molar-refractivity contribution in [3.63, 3.8) is 0 Å². The van der Waals surface area contributed by atoms with Gasteiger partial charge in [-0.15, -0.1) is 0 Å². The lowest BCUT2D eigenvalue weighted by Gasteiger charge is -2.22. The Morgan fingerprint density at radius 2 is 1.25 bits per heavy atom. The highest BCUT2D eigenvalue weighted by Gasteiger charge is 2.41. The van der Waals surface area contributed by atoms with E-state index in [1.807, 2.05) is 0 Å². The number of esters is 1. The third-order valence-electron chi connectivity index (χ3n) is 12.1. The van der Waals surface area contributed by atoms with E-state index in [0.717, 1.165) is 48.8 Å². The van der Waals surface area contributed by atoms with Gasteiger partial charge in [-0.25, -0.2) is 13.9 Å². The van der Waals surface area contributed by atoms with Crippen LogP contribution in [0.25, 0.3) is 10.4 Å². The minimum absolute atomic E-state index is 0.0430. The van der Waals surface area contributed by atoms with Crippen LogP contribution in [0.5, 0.6) is 0 Å². The standard InChI is InChI=1S/C47H87N5O12P2S/c1-4-6-8-10-12-14-16-18-19-20-22-24-26-28-30-32-34-67-39-41(62-45(53)33-31-29-27-25-23-21-17-15-13-11-9-7-5-2)37-60-65(56,57)64-66(58,59)61-38-43-42(50-51-48)35-44(63-43)52-36-40(3)46(54)49-47(52)55/h36,41-44H,4-35,37-39H2,1-3H3,(H,56,57)(H,58,59)(H,49,54,55)/t41?,42?,43-,44-/m1/s1. The number of nitrogens with one attached hydrogen (secondary N) is 1. The summed E-state index contributed by atoms with van der Waals surface area (Å²) in [5.41, 5.74) is 7.93. The van der Waals surface area contributed by atoms with Crippen molar-refractivity contribution < 1.29 is 46.5 Å². The molecular formula is C47H87N5O12P2S. The first-order valence-electron chi connectivity index (χ1n) is 25.8. The Morgan fingerprint density at radius 1 is 0.791 bits per heavy atom. The van der Waals surface area contributed by atoms with Crippen molar-refractivity contribution in [3.05, 3.63) is 43.0 Å². The van der Waals surface area contributed by atoms with E-state index in [2.05, 4.69) is 33.2 Å². The molecule has 0 aliphatic carbocycles. The smallest absolute Gasteiger partial charge is 0.459 e. The van der Waals surface area contributed by atoms with Gasteiger partial charge in [0.2, 0.25) is 0 Å². The lowest BCUT2D eigenvalue weighted by molar-refractivity contribution is -0.149. The number of phosphoric ester groups is 2. The van der Waals surface area contributed by atoms with E-state index in [0.29, 0.717) is 6.42 Å². The summed E-state index contributed by atoms with van der Waals surface area (Å²) >= 11 is 1.54. The van der Waals surface area contributed by atoms with Crippen molar-refractivity contribution in [2.24, 2.45) is 5.11 Å². The average molecular weight is 1010 g/mol. The van der Waals surface area contributed by atoms with Crippen LogP contribution in [0.2, 0.25) is 0 Å². The Bertz CT molecular complexity index is 1730. The SMILES string of the molecule is CCCCCCCCCCCCCCCCCCSCC(COP(=O)(O)OP(=O)(O)OC[C@H]1O[C@@H](n2cc(C)c(=O)[nH]c2=O)CC1N=[N+]=[N-])OC(=O)CCCCCCCCCCCCCCC. The first kappa shape index (κ1) is 61.2. The fraction of sp³-hybridized carbons (Fsp3) is 0.894. The van der Waals surface area contributed by atoms with Gasteiger partial charge in [-0.1, -0.05) is 192 Å². The normalized spacial score (nSPS) is 18.3. The second-order valence-corrected chi connectivity index (χ2v) is 22.4. The maximum atomic E-state index is 13.0. The molecule has 0 aromatic carbocycles. The molecule has 17 nitrogen and oxygen atoms in total. The molecule has 20 heteroatoms. The number of aromatic amines is 1. The number of aryl methyl sites for hydroxylation is 1. The van der Waals surface area contributed by atoms with E-state index in [9.17, 15) is 33.3 Å². The number of hydrogen-bond acceptors (Lipinski definition) is 12. The molecule has 3 N–H and O–H groups in total. The topological polar surface area (TPSA) is 241 Å². The van der Waals surface area contributed by atoms with Crippen LogP contribution in [0.4, 0.5) is 0 Å². The van der Waals surface area contributed by atoms with Gasteiger partial charge in [0.15, 0.2) is 0 Å². The van der Waals surface area contributed by atoms with Crippen LogP contribution in [0.3, 0.4) is 0 Å². The fourth-order valence-corrected chi connectivity index (χ4v) is 11.3. The van der Waals surface area contributed by atoms with Gasteiger partial charge < -0.3 is 19.3 Å². The summed E-state index contributed by atoms with van der Waals surface area (Å²) in [7, 11) is -10.5. The Morgan fingerprint density at radius 3 is 1.75 bits per heavy atom. The van der Waals surface area contributed by atoms with Crippen molar-refractivity contribution in [1.29, 1.82) is 0 Å². The lowest BCUT2D eigenvalue weighted by Crippen LogP contribution is -2.33. The summed E-state index contributed by atoms with van der Waals surface area (Å²) in [6, 6.07) is -0.974. The lowest BCUT2D eigenvalue weighted by atomic mass is 10.0. The summed E-state index contributed by atoms with van der Waals surface area (Å²) in [4.78, 5) is 63.0. The highest BCUT2D eigenvalue weighted by Crippen LogP contribution is 2.60. The number of azide groups is 1. The number of rotatable bonds is 44. The van der Waals surface area contributed by atoms with Gasteiger partial charge in [-0.3, -0.25) is 28.2 Å². The van der Waals surface area contributed by atoms with Crippen LogP contribution in [0.1, 0.15) is 225 Å². The van der Waals surface area contributed by atoms with E-state index < -0.39 is 70.6 Å². The molecule has 0 saturated carbocycles. The number of phosphoric acid groups is 2. The van der Waals surface area contributed by atoms with Crippen LogP contribution < -0.4 is 11.2 Å². The van der Waals surface area contributed by atoms with E-state index in [1.54, 1.807) is 11.8 Å². The predicted molar refractivity (Wildman–Crippen MR) is 267 cm³/mol. The molecule has 1 fully saturated rings. The van der Waals surface area contributed by atoms with Crippen molar-refractivity contribution in [2.45, 2.75) is 244 Å². The number of carbonyl (C=O) groups is 1. The number of ether oxygens (including phenoxy) is 2. The highest BCUT2D eigenvalue weighted by atomic mass is 32.2. The van der Waals surface area contributed by atoms with Gasteiger partial charge >= 0.3 is 27.3 Å². The second-order valence-electron chi connectivity index (χ2n) is 18.2. The molecule has 1 aliphatic rings. The van der Waals surface area contributed by atoms with Crippen LogP contribution in [0, 0.1) is 6.92 Å². The molecule has 2 heterocycles. The number of hydrogen-bond donors (Lipinski definition) is 3. The molecule has 0 amide bonds. The molecule has 6 atom stereocenters. The molecule has 4 unspecified atom stereocenters. The van der Waals surface area contributed by atoms with Gasteiger partial charge in [-0.05, 0) is 31.0 Å². The maximum Gasteiger partial charge on any atom is 0.481 e. The zero-order chi connectivity index (χ0) is 49.0. The largest absolute Gasteiger partial charge is 0.481 e. The highest BCUT2D eigenvalue weighted by molar-refractivity contribution is 7.99. The van der Waals surface area contributed by atoms with E-state index in [4.69, 9.17) is 24.1 Å². The predicted octanol–water partition coefficient (Wildman–Crippen LogP) is 13.4. The number of aromatic nitrogens is 2. The van der Waals surface area contributed by atoms with Crippen molar-refractivity contribution >= 4 is 33.4 Å². The summed E-state index contributed by atoms with van der Waals surface area (Å²) < 4.78 is 53.0. The number of H-pyrrole nitrogens is 1. The molecule has 0 bridgehead atoms. The quantitative estimate of drug-likeness (QED) is 0.0138. The van der Waals surface area contributed by atoms with Crippen LogP contribution in [-0.4, -0.2) is 68.3 Å². The maximum absolute atomic E-state index is 13.0. The molecular weight excluding hydrogens is 921 g/mol. The summed E-state index contributed by atoms with van der Waals surface area (Å²) in [6.07, 6.45) is 34.0. The number of thioether (sulfide) groups is 1. The monoisotopic (exact) mass is 1010 g/mol. The van der Waals surface area contributed by atoms with Crippen molar-refractivity contribution in [2.75, 3.05) is 24.7 Å². The first-order valence-corrected chi connectivity index (χ1v) is 29.9. The molecule has 0 spiro atoms. The Kier molecular flexibility index (Phi) is 34.5. The third kappa shape index (κ3) is 30.4. The van der Waals surface area contributed by atoms with Crippen LogP contribution in [-0.2, 0) is 36.8 Å². The molecule has 1 saturated heterocycles. The van der Waals surface area contributed by atoms with Crippen LogP contribution >= 0.6 is 27.4 Å². The molecule has 0 radical (unpaired) electrons. The zero-order valence-corrected chi connectivity index (χ0v) is 43.8. The molecule has 1 aromatic rings. The number of carbonyl (C=O) groups excluding carboxylic acids is 1. The van der Waals surface area contributed by atoms with Gasteiger partial charge in [0.05, 0.1) is 25.4 Å². The number of nitrogens with zero attached hydrogens (tertiary/aromatic N) is 4.